The van der Waals surface area contributed by atoms with E-state index in [0.717, 1.165) is 88.5 Å². The molecular formula is C32H46Cl4N8O5. The van der Waals surface area contributed by atoms with Crippen LogP contribution >= 0.6 is 49.6 Å². The van der Waals surface area contributed by atoms with E-state index in [1.54, 1.807) is 51.1 Å². The first-order chi connectivity index (χ1) is 21.5. The van der Waals surface area contributed by atoms with Crippen LogP contribution in [0.25, 0.3) is 0 Å². The minimum Gasteiger partial charge on any atom is -0.504 e. The number of piperazine rings is 2. The fourth-order valence-corrected chi connectivity index (χ4v) is 5.28. The molecule has 2 saturated heterocycles. The summed E-state index contributed by atoms with van der Waals surface area (Å²) < 4.78 is 10.3. The summed E-state index contributed by atoms with van der Waals surface area (Å²) in [5, 5.41) is 19.3. The Balaban J connectivity index is 0.000000853. The first-order valence-electron chi connectivity index (χ1n) is 14.7. The summed E-state index contributed by atoms with van der Waals surface area (Å²) in [7, 11) is 3.13. The summed E-state index contributed by atoms with van der Waals surface area (Å²) in [6.45, 7) is 9.20. The van der Waals surface area contributed by atoms with Gasteiger partial charge in [0.15, 0.2) is 23.0 Å². The molecule has 13 nitrogen and oxygen atoms in total. The summed E-state index contributed by atoms with van der Waals surface area (Å²) >= 11 is 0. The van der Waals surface area contributed by atoms with E-state index in [4.69, 9.17) is 9.47 Å². The Labute approximate surface area is 312 Å². The molecule has 0 atom stereocenters. The molecule has 0 radical (unpaired) electrons. The molecule has 2 aromatic heterocycles. The summed E-state index contributed by atoms with van der Waals surface area (Å²) in [6.07, 6.45) is 7.10. The van der Waals surface area contributed by atoms with E-state index < -0.39 is 0 Å². The molecular weight excluding hydrogens is 718 g/mol. The van der Waals surface area contributed by atoms with Crippen LogP contribution in [0.3, 0.4) is 0 Å². The normalized spacial score (nSPS) is 14.2. The largest absolute Gasteiger partial charge is 0.504 e. The van der Waals surface area contributed by atoms with Crippen molar-refractivity contribution in [3.05, 3.63) is 84.4 Å². The van der Waals surface area contributed by atoms with Crippen LogP contribution < -0.4 is 19.3 Å². The predicted molar refractivity (Wildman–Crippen MR) is 201 cm³/mol. The molecule has 4 aromatic rings. The van der Waals surface area contributed by atoms with Crippen molar-refractivity contribution in [2.24, 2.45) is 0 Å². The molecule has 6 rings (SSSR count). The molecule has 0 aliphatic carbocycles. The number of hydrogen-bond acceptors (Lipinski definition) is 12. The van der Waals surface area contributed by atoms with Gasteiger partial charge < -0.3 is 35.0 Å². The number of nitrogens with zero attached hydrogens (tertiary/aromatic N) is 8. The standard InChI is InChI=1S/2C16H20N4O2.4ClH.H2O/c2*1-22-15-11-13(3-4-14(15)21)12-19-7-9-20(10-8-19)16-17-5-2-6-18-16;;;;;/h2*2-6,11,21H,7-10,12H2,1H3;4*1H;1H2. The summed E-state index contributed by atoms with van der Waals surface area (Å²) in [5.74, 6) is 3.00. The Bertz CT molecular complexity index is 1360. The third-order valence-electron chi connectivity index (χ3n) is 7.72. The monoisotopic (exact) mass is 762 g/mol. The van der Waals surface area contributed by atoms with E-state index >= 15 is 0 Å². The lowest BCUT2D eigenvalue weighted by molar-refractivity contribution is 0.248. The lowest BCUT2D eigenvalue weighted by Gasteiger charge is -2.34. The number of hydrogen-bond donors (Lipinski definition) is 2. The van der Waals surface area contributed by atoms with Crippen LogP contribution in [0, 0.1) is 0 Å². The topological polar surface area (TPSA) is 155 Å². The zero-order valence-corrected chi connectivity index (χ0v) is 30.7. The fraction of sp³-hybridized carbons (Fsp3) is 0.375. The van der Waals surface area contributed by atoms with Crippen molar-refractivity contribution in [2.75, 3.05) is 76.4 Å². The Kier molecular flexibility index (Phi) is 21.3. The van der Waals surface area contributed by atoms with Crippen molar-refractivity contribution >= 4 is 61.5 Å². The molecule has 4 heterocycles. The molecule has 0 unspecified atom stereocenters. The molecule has 49 heavy (non-hydrogen) atoms. The predicted octanol–water partition coefficient (Wildman–Crippen LogP) is 3.89. The molecule has 2 aliphatic heterocycles. The fourth-order valence-electron chi connectivity index (χ4n) is 5.28. The maximum absolute atomic E-state index is 9.64. The van der Waals surface area contributed by atoms with Gasteiger partial charge in [-0.05, 0) is 47.5 Å². The molecule has 0 bridgehead atoms. The zero-order chi connectivity index (χ0) is 30.7. The van der Waals surface area contributed by atoms with Crippen molar-refractivity contribution in [1.82, 2.24) is 29.7 Å². The number of rotatable bonds is 8. The van der Waals surface area contributed by atoms with Crippen LogP contribution in [0.1, 0.15) is 11.1 Å². The Morgan fingerprint density at radius 1 is 0.551 bits per heavy atom. The number of phenolic OH excluding ortho intramolecular Hbond substituents is 2. The van der Waals surface area contributed by atoms with Crippen molar-refractivity contribution < 1.29 is 25.2 Å². The molecule has 272 valence electrons. The second-order valence-electron chi connectivity index (χ2n) is 10.6. The molecule has 0 saturated carbocycles. The van der Waals surface area contributed by atoms with Gasteiger partial charge in [-0.1, -0.05) is 12.1 Å². The van der Waals surface area contributed by atoms with Gasteiger partial charge in [-0.25, -0.2) is 19.9 Å². The van der Waals surface area contributed by atoms with Gasteiger partial charge in [0.1, 0.15) is 0 Å². The number of aromatic nitrogens is 4. The van der Waals surface area contributed by atoms with Crippen molar-refractivity contribution in [3.8, 4) is 23.0 Å². The van der Waals surface area contributed by atoms with Crippen molar-refractivity contribution in [2.45, 2.75) is 13.1 Å². The molecule has 17 heteroatoms. The molecule has 4 N–H and O–H groups in total. The van der Waals surface area contributed by atoms with Gasteiger partial charge >= 0.3 is 0 Å². The Morgan fingerprint density at radius 3 is 1.18 bits per heavy atom. The van der Waals surface area contributed by atoms with E-state index in [0.29, 0.717) is 11.5 Å². The number of benzene rings is 2. The van der Waals surface area contributed by atoms with Crippen LogP contribution in [-0.4, -0.2) is 112 Å². The van der Waals surface area contributed by atoms with Gasteiger partial charge in [-0.2, -0.15) is 0 Å². The van der Waals surface area contributed by atoms with Gasteiger partial charge in [0.05, 0.1) is 14.2 Å². The van der Waals surface area contributed by atoms with E-state index in [9.17, 15) is 10.2 Å². The summed E-state index contributed by atoms with van der Waals surface area (Å²) in [5.41, 5.74) is 2.28. The molecule has 0 spiro atoms. The van der Waals surface area contributed by atoms with Crippen LogP contribution in [-0.2, 0) is 13.1 Å². The molecule has 2 aromatic carbocycles. The number of anilines is 2. The lowest BCUT2D eigenvalue weighted by Crippen LogP contribution is -2.46. The summed E-state index contributed by atoms with van der Waals surface area (Å²) in [4.78, 5) is 26.3. The highest BCUT2D eigenvalue weighted by Crippen LogP contribution is 2.28. The molecule has 2 fully saturated rings. The van der Waals surface area contributed by atoms with Gasteiger partial charge in [0.25, 0.3) is 0 Å². The van der Waals surface area contributed by atoms with Crippen molar-refractivity contribution in [3.63, 3.8) is 0 Å². The number of aromatic hydroxyl groups is 2. The van der Waals surface area contributed by atoms with Crippen LogP contribution in [0.5, 0.6) is 23.0 Å². The Morgan fingerprint density at radius 2 is 0.878 bits per heavy atom. The highest BCUT2D eigenvalue weighted by Gasteiger charge is 2.20. The lowest BCUT2D eigenvalue weighted by atomic mass is 10.1. The smallest absolute Gasteiger partial charge is 0.225 e. The van der Waals surface area contributed by atoms with Crippen LogP contribution in [0.15, 0.2) is 73.3 Å². The number of methoxy groups -OCH3 is 2. The first-order valence-corrected chi connectivity index (χ1v) is 14.7. The van der Waals surface area contributed by atoms with Gasteiger partial charge in [-0.15, -0.1) is 49.6 Å². The van der Waals surface area contributed by atoms with Gasteiger partial charge in [0.2, 0.25) is 11.9 Å². The van der Waals surface area contributed by atoms with E-state index in [1.807, 2.05) is 36.4 Å². The quantitative estimate of drug-likeness (QED) is 0.268. The van der Waals surface area contributed by atoms with E-state index in [1.165, 1.54) is 0 Å². The van der Waals surface area contributed by atoms with Gasteiger partial charge in [0, 0.05) is 90.2 Å². The summed E-state index contributed by atoms with van der Waals surface area (Å²) in [6, 6.07) is 14.7. The minimum atomic E-state index is 0. The number of phenols is 2. The minimum absolute atomic E-state index is 0. The second-order valence-corrected chi connectivity index (χ2v) is 10.6. The molecule has 0 amide bonds. The maximum Gasteiger partial charge on any atom is 0.225 e. The van der Waals surface area contributed by atoms with E-state index in [2.05, 4.69) is 39.5 Å². The maximum atomic E-state index is 9.64. The van der Waals surface area contributed by atoms with Crippen molar-refractivity contribution in [1.29, 1.82) is 0 Å². The average molecular weight is 765 g/mol. The van der Waals surface area contributed by atoms with E-state index in [-0.39, 0.29) is 66.6 Å². The number of halogens is 4. The first kappa shape index (κ1) is 45.4. The van der Waals surface area contributed by atoms with Gasteiger partial charge in [-0.3, -0.25) is 9.80 Å². The molecule has 2 aliphatic rings. The third kappa shape index (κ3) is 13.0. The average Bonchev–Trinajstić information content (AvgIpc) is 3.08. The Hall–Kier alpha value is -3.56. The third-order valence-corrected chi connectivity index (χ3v) is 7.72. The number of ether oxygens (including phenoxy) is 2. The highest BCUT2D eigenvalue weighted by atomic mass is 35.5. The SMILES string of the molecule is COc1cc(CN2CCN(c3ncccn3)CC2)ccc1O.COc1cc(CN2CCN(c3ncccn3)CC2)ccc1O.Cl.Cl.Cl.Cl.O. The highest BCUT2D eigenvalue weighted by molar-refractivity contribution is 5.86. The van der Waals surface area contributed by atoms with Crippen LogP contribution in [0.4, 0.5) is 11.9 Å². The second kappa shape index (κ2) is 23.0. The zero-order valence-electron chi connectivity index (χ0n) is 27.4. The van der Waals surface area contributed by atoms with Crippen LogP contribution in [0.2, 0.25) is 0 Å².